The molecule has 0 aromatic carbocycles. The van der Waals surface area contributed by atoms with E-state index < -0.39 is 5.92 Å². The standard InChI is InChI=1S/C20H29F2N3O/c1-15-3-2-4-18(24-15)16-7-12-25(13-8-16)14-11-23-19(26)17-5-9-20(21,22)10-6-17/h2-4,16-17H,5-14H2,1H3,(H,23,26). The largest absolute Gasteiger partial charge is 0.355 e. The zero-order valence-electron chi connectivity index (χ0n) is 15.5. The van der Waals surface area contributed by atoms with Gasteiger partial charge in [-0.3, -0.25) is 9.78 Å². The molecule has 0 unspecified atom stereocenters. The van der Waals surface area contributed by atoms with Crippen molar-refractivity contribution in [3.8, 4) is 0 Å². The maximum Gasteiger partial charge on any atom is 0.248 e. The average molecular weight is 365 g/mol. The van der Waals surface area contributed by atoms with E-state index in [0.717, 1.165) is 38.2 Å². The number of aryl methyl sites for hydroxylation is 1. The van der Waals surface area contributed by atoms with Gasteiger partial charge in [0.25, 0.3) is 0 Å². The molecule has 1 saturated heterocycles. The highest BCUT2D eigenvalue weighted by molar-refractivity contribution is 5.78. The summed E-state index contributed by atoms with van der Waals surface area (Å²) in [6.07, 6.45) is 2.45. The van der Waals surface area contributed by atoms with Crippen LogP contribution in [0.25, 0.3) is 0 Å². The predicted molar refractivity (Wildman–Crippen MR) is 97.3 cm³/mol. The Morgan fingerprint density at radius 1 is 1.23 bits per heavy atom. The number of alkyl halides is 2. The van der Waals surface area contributed by atoms with Crippen LogP contribution in [0.15, 0.2) is 18.2 Å². The fourth-order valence-corrected chi connectivity index (χ4v) is 4.03. The summed E-state index contributed by atoms with van der Waals surface area (Å²) in [5, 5.41) is 2.94. The van der Waals surface area contributed by atoms with E-state index >= 15 is 0 Å². The lowest BCUT2D eigenvalue weighted by Crippen LogP contribution is -2.42. The van der Waals surface area contributed by atoms with Gasteiger partial charge in [0.15, 0.2) is 0 Å². The van der Waals surface area contributed by atoms with Gasteiger partial charge < -0.3 is 10.2 Å². The first-order chi connectivity index (χ1) is 12.4. The number of pyridine rings is 1. The highest BCUT2D eigenvalue weighted by atomic mass is 19.3. The third kappa shape index (κ3) is 5.22. The first kappa shape index (κ1) is 19.2. The van der Waals surface area contributed by atoms with Crippen molar-refractivity contribution >= 4 is 5.91 Å². The summed E-state index contributed by atoms with van der Waals surface area (Å²) in [5.74, 6) is -2.36. The number of likely N-dealkylation sites (tertiary alicyclic amines) is 1. The second-order valence-electron chi connectivity index (χ2n) is 7.74. The molecule has 2 heterocycles. The van der Waals surface area contributed by atoms with E-state index in [0.29, 0.717) is 25.3 Å². The topological polar surface area (TPSA) is 45.2 Å². The number of halogens is 2. The minimum atomic E-state index is -2.58. The molecule has 1 aliphatic heterocycles. The number of nitrogens with one attached hydrogen (secondary N) is 1. The third-order valence-electron chi connectivity index (χ3n) is 5.73. The molecule has 1 aromatic heterocycles. The summed E-state index contributed by atoms with van der Waals surface area (Å²) < 4.78 is 26.3. The molecule has 0 bridgehead atoms. The number of amides is 1. The molecule has 1 amide bonds. The highest BCUT2D eigenvalue weighted by Gasteiger charge is 2.37. The Morgan fingerprint density at radius 3 is 2.58 bits per heavy atom. The zero-order chi connectivity index (χ0) is 18.6. The van der Waals surface area contributed by atoms with E-state index in [1.165, 1.54) is 5.69 Å². The fourth-order valence-electron chi connectivity index (χ4n) is 4.03. The summed E-state index contributed by atoms with van der Waals surface area (Å²) >= 11 is 0. The van der Waals surface area contributed by atoms with Crippen molar-refractivity contribution in [1.82, 2.24) is 15.2 Å². The van der Waals surface area contributed by atoms with Crippen LogP contribution in [-0.4, -0.2) is 47.9 Å². The van der Waals surface area contributed by atoms with Gasteiger partial charge in [0.2, 0.25) is 11.8 Å². The van der Waals surface area contributed by atoms with Gasteiger partial charge in [-0.15, -0.1) is 0 Å². The van der Waals surface area contributed by atoms with Crippen LogP contribution < -0.4 is 5.32 Å². The van der Waals surface area contributed by atoms with Crippen LogP contribution in [0.2, 0.25) is 0 Å². The normalized spacial score (nSPS) is 22.3. The maximum atomic E-state index is 13.2. The quantitative estimate of drug-likeness (QED) is 0.868. The molecule has 1 N–H and O–H groups in total. The Hall–Kier alpha value is -1.56. The van der Waals surface area contributed by atoms with Gasteiger partial charge in [0.05, 0.1) is 0 Å². The number of carbonyl (C=O) groups excluding carboxylic acids is 1. The summed E-state index contributed by atoms with van der Waals surface area (Å²) in [6.45, 7) is 5.45. The lowest BCUT2D eigenvalue weighted by molar-refractivity contribution is -0.129. The number of nitrogens with zero attached hydrogens (tertiary/aromatic N) is 2. The Bertz CT molecular complexity index is 605. The van der Waals surface area contributed by atoms with Gasteiger partial charge in [-0.25, -0.2) is 8.78 Å². The monoisotopic (exact) mass is 365 g/mol. The molecule has 26 heavy (non-hydrogen) atoms. The van der Waals surface area contributed by atoms with Crippen molar-refractivity contribution in [2.24, 2.45) is 5.92 Å². The van der Waals surface area contributed by atoms with Crippen LogP contribution >= 0.6 is 0 Å². The SMILES string of the molecule is Cc1cccc(C2CCN(CCNC(=O)C3CCC(F)(F)CC3)CC2)n1. The Labute approximate surface area is 154 Å². The van der Waals surface area contributed by atoms with Crippen LogP contribution in [0.5, 0.6) is 0 Å². The molecule has 1 aliphatic carbocycles. The van der Waals surface area contributed by atoms with Gasteiger partial charge in [-0.2, -0.15) is 0 Å². The molecule has 144 valence electrons. The minimum absolute atomic E-state index is 0.0562. The first-order valence-electron chi connectivity index (χ1n) is 9.74. The molecule has 2 fully saturated rings. The van der Waals surface area contributed by atoms with Gasteiger partial charge in [0.1, 0.15) is 0 Å². The molecule has 6 heteroatoms. The van der Waals surface area contributed by atoms with Crippen molar-refractivity contribution in [2.75, 3.05) is 26.2 Å². The van der Waals surface area contributed by atoms with Crippen LogP contribution in [0.4, 0.5) is 8.78 Å². The lowest BCUT2D eigenvalue weighted by atomic mass is 9.86. The molecule has 0 radical (unpaired) electrons. The van der Waals surface area contributed by atoms with E-state index in [1.807, 2.05) is 13.0 Å². The fraction of sp³-hybridized carbons (Fsp3) is 0.700. The lowest BCUT2D eigenvalue weighted by Gasteiger charge is -2.32. The summed E-state index contributed by atoms with van der Waals surface area (Å²) in [6, 6.07) is 6.21. The third-order valence-corrected chi connectivity index (χ3v) is 5.73. The van der Waals surface area contributed by atoms with E-state index in [2.05, 4.69) is 27.3 Å². The number of hydrogen-bond acceptors (Lipinski definition) is 3. The second kappa shape index (κ2) is 8.42. The number of piperidine rings is 1. The molecule has 0 atom stereocenters. The number of hydrogen-bond donors (Lipinski definition) is 1. The highest BCUT2D eigenvalue weighted by Crippen LogP contribution is 2.36. The van der Waals surface area contributed by atoms with E-state index in [9.17, 15) is 13.6 Å². The number of aromatic nitrogens is 1. The molecule has 0 spiro atoms. The molecule has 3 rings (SSSR count). The van der Waals surface area contributed by atoms with E-state index in [1.54, 1.807) is 0 Å². The summed E-state index contributed by atoms with van der Waals surface area (Å²) in [7, 11) is 0. The van der Waals surface area contributed by atoms with Gasteiger partial charge in [-0.1, -0.05) is 6.07 Å². The Kier molecular flexibility index (Phi) is 6.22. The van der Waals surface area contributed by atoms with Gasteiger partial charge in [-0.05, 0) is 57.8 Å². The van der Waals surface area contributed by atoms with Crippen LogP contribution in [0, 0.1) is 12.8 Å². The van der Waals surface area contributed by atoms with Crippen LogP contribution in [-0.2, 0) is 4.79 Å². The van der Waals surface area contributed by atoms with Gasteiger partial charge >= 0.3 is 0 Å². The Morgan fingerprint density at radius 2 is 1.92 bits per heavy atom. The number of rotatable bonds is 5. The first-order valence-corrected chi connectivity index (χ1v) is 9.74. The molecule has 1 aromatic rings. The summed E-state index contributed by atoms with van der Waals surface area (Å²) in [4.78, 5) is 19.1. The van der Waals surface area contributed by atoms with Crippen molar-refractivity contribution in [2.45, 2.75) is 57.3 Å². The van der Waals surface area contributed by atoms with Crippen molar-refractivity contribution in [1.29, 1.82) is 0 Å². The molecule has 2 aliphatic rings. The average Bonchev–Trinajstić information content (AvgIpc) is 2.62. The van der Waals surface area contributed by atoms with Gasteiger partial charge in [0, 0.05) is 49.2 Å². The molecular weight excluding hydrogens is 336 g/mol. The smallest absolute Gasteiger partial charge is 0.248 e. The molecule has 1 saturated carbocycles. The van der Waals surface area contributed by atoms with Crippen LogP contribution in [0.3, 0.4) is 0 Å². The maximum absolute atomic E-state index is 13.2. The zero-order valence-corrected chi connectivity index (χ0v) is 15.5. The van der Waals surface area contributed by atoms with E-state index in [4.69, 9.17) is 0 Å². The molecule has 4 nitrogen and oxygen atoms in total. The predicted octanol–water partition coefficient (Wildman–Crippen LogP) is 3.51. The Balaban J connectivity index is 1.35. The van der Waals surface area contributed by atoms with E-state index in [-0.39, 0.29) is 24.7 Å². The molecular formula is C20H29F2N3O. The van der Waals surface area contributed by atoms with Crippen molar-refractivity contribution in [3.05, 3.63) is 29.6 Å². The number of carbonyl (C=O) groups is 1. The van der Waals surface area contributed by atoms with Crippen molar-refractivity contribution in [3.63, 3.8) is 0 Å². The minimum Gasteiger partial charge on any atom is -0.355 e. The van der Waals surface area contributed by atoms with Crippen LogP contribution in [0.1, 0.15) is 55.8 Å². The van der Waals surface area contributed by atoms with Crippen molar-refractivity contribution < 1.29 is 13.6 Å². The summed E-state index contributed by atoms with van der Waals surface area (Å²) in [5.41, 5.74) is 2.25. The second-order valence-corrected chi connectivity index (χ2v) is 7.74.